The molecule has 1 spiro atoms. The van der Waals surface area contributed by atoms with Gasteiger partial charge in [0, 0.05) is 62.9 Å². The molecule has 1 saturated heterocycles. The third-order valence-corrected chi connectivity index (χ3v) is 8.21. The van der Waals surface area contributed by atoms with Crippen molar-refractivity contribution in [3.05, 3.63) is 66.3 Å². The number of nitrogens with two attached hydrogens (primary N) is 1. The third kappa shape index (κ3) is 3.32. The lowest BCUT2D eigenvalue weighted by atomic mass is 9.73. The Bertz CT molecular complexity index is 1360. The van der Waals surface area contributed by atoms with Crippen LogP contribution in [-0.2, 0) is 6.42 Å². The maximum absolute atomic E-state index is 14.7. The maximum Gasteiger partial charge on any atom is 0.211 e. The molecule has 0 aromatic carbocycles. The summed E-state index contributed by atoms with van der Waals surface area (Å²) in [4.78, 5) is 21.5. The van der Waals surface area contributed by atoms with Crippen molar-refractivity contribution in [2.45, 2.75) is 35.1 Å². The first-order chi connectivity index (χ1) is 16.6. The molecule has 34 heavy (non-hydrogen) atoms. The summed E-state index contributed by atoms with van der Waals surface area (Å²) in [5, 5.41) is 2.78. The number of imidazole rings is 1. The van der Waals surface area contributed by atoms with Gasteiger partial charge in [0.1, 0.15) is 0 Å². The molecular formula is C24H25FN8S. The molecule has 0 bridgehead atoms. The van der Waals surface area contributed by atoms with Crippen LogP contribution in [0.2, 0.25) is 0 Å². The number of anilines is 2. The van der Waals surface area contributed by atoms with Crippen LogP contribution < -0.4 is 16.0 Å². The van der Waals surface area contributed by atoms with Crippen molar-refractivity contribution in [1.82, 2.24) is 24.3 Å². The summed E-state index contributed by atoms with van der Waals surface area (Å²) >= 11 is 1.30. The van der Waals surface area contributed by atoms with Gasteiger partial charge in [-0.2, -0.15) is 0 Å². The molecule has 1 aliphatic carbocycles. The third-order valence-electron chi connectivity index (χ3n) is 7.17. The Hall–Kier alpha value is -3.24. The zero-order valence-electron chi connectivity index (χ0n) is 18.8. The average molecular weight is 477 g/mol. The fourth-order valence-electron chi connectivity index (χ4n) is 5.28. The van der Waals surface area contributed by atoms with Crippen molar-refractivity contribution >= 4 is 29.2 Å². The summed E-state index contributed by atoms with van der Waals surface area (Å²) in [5.74, 6) is 0.687. The second-order valence-electron chi connectivity index (χ2n) is 8.91. The van der Waals surface area contributed by atoms with E-state index in [-0.39, 0.29) is 23.1 Å². The van der Waals surface area contributed by atoms with Crippen molar-refractivity contribution in [3.8, 4) is 0 Å². The van der Waals surface area contributed by atoms with Gasteiger partial charge in [-0.05, 0) is 42.4 Å². The predicted molar refractivity (Wildman–Crippen MR) is 130 cm³/mol. The minimum Gasteiger partial charge on any atom is -0.371 e. The van der Waals surface area contributed by atoms with Crippen LogP contribution in [0.4, 0.5) is 16.2 Å². The van der Waals surface area contributed by atoms with Crippen LogP contribution in [0, 0.1) is 11.2 Å². The molecule has 10 heteroatoms. The average Bonchev–Trinajstić information content (AvgIpc) is 3.46. The molecule has 174 valence electrons. The molecule has 8 nitrogen and oxygen atoms in total. The number of hydrogen-bond donors (Lipinski definition) is 2. The Morgan fingerprint density at radius 2 is 1.94 bits per heavy atom. The number of halogens is 1. The van der Waals surface area contributed by atoms with Gasteiger partial charge < -0.3 is 16.0 Å². The van der Waals surface area contributed by atoms with Crippen LogP contribution in [0.15, 0.2) is 59.0 Å². The number of aromatic nitrogens is 5. The number of fused-ring (bicyclic) bond motifs is 2. The van der Waals surface area contributed by atoms with Gasteiger partial charge in [0.25, 0.3) is 0 Å². The Labute approximate surface area is 200 Å². The van der Waals surface area contributed by atoms with Gasteiger partial charge in [0.05, 0.1) is 9.79 Å². The second kappa shape index (κ2) is 8.21. The summed E-state index contributed by atoms with van der Waals surface area (Å²) in [5.41, 5.74) is 9.86. The van der Waals surface area contributed by atoms with Gasteiger partial charge in [-0.25, -0.2) is 19.3 Å². The van der Waals surface area contributed by atoms with Gasteiger partial charge in [-0.3, -0.25) is 9.38 Å². The van der Waals surface area contributed by atoms with Gasteiger partial charge in [-0.1, -0.05) is 17.8 Å². The lowest BCUT2D eigenvalue weighted by Crippen LogP contribution is -2.45. The lowest BCUT2D eigenvalue weighted by molar-refractivity contribution is 0.186. The first-order valence-electron chi connectivity index (χ1n) is 11.4. The van der Waals surface area contributed by atoms with Crippen molar-refractivity contribution < 1.29 is 4.39 Å². The first-order valence-corrected chi connectivity index (χ1v) is 12.2. The van der Waals surface area contributed by atoms with Crippen LogP contribution in [0.5, 0.6) is 0 Å². The van der Waals surface area contributed by atoms with Gasteiger partial charge in [-0.15, -0.1) is 0 Å². The summed E-state index contributed by atoms with van der Waals surface area (Å²) in [7, 11) is 1.65. The number of rotatable bonds is 4. The number of hydrogen-bond acceptors (Lipinski definition) is 8. The normalized spacial score (nSPS) is 19.0. The number of nitrogens with zero attached hydrogens (tertiary/aromatic N) is 6. The number of piperidine rings is 1. The summed E-state index contributed by atoms with van der Waals surface area (Å²) in [6.45, 7) is 1.72. The quantitative estimate of drug-likeness (QED) is 0.460. The molecule has 2 aliphatic rings. The summed E-state index contributed by atoms with van der Waals surface area (Å²) < 4.78 is 16.7. The topological polar surface area (TPSA) is 97.3 Å². The molecule has 0 amide bonds. The Morgan fingerprint density at radius 3 is 2.74 bits per heavy atom. The molecule has 1 unspecified atom stereocenters. The molecule has 4 aromatic rings. The monoisotopic (exact) mass is 476 g/mol. The summed E-state index contributed by atoms with van der Waals surface area (Å²) in [6.07, 6.45) is 11.8. The molecule has 5 heterocycles. The number of nitrogens with one attached hydrogen (secondary N) is 1. The molecule has 1 aliphatic heterocycles. The minimum absolute atomic E-state index is 0.0242. The second-order valence-corrected chi connectivity index (χ2v) is 9.99. The molecular weight excluding hydrogens is 451 g/mol. The van der Waals surface area contributed by atoms with Crippen LogP contribution in [0.3, 0.4) is 0 Å². The van der Waals surface area contributed by atoms with Gasteiger partial charge in [0.15, 0.2) is 17.3 Å². The summed E-state index contributed by atoms with van der Waals surface area (Å²) in [6, 6.07) is 5.78. The molecule has 4 aromatic heterocycles. The lowest BCUT2D eigenvalue weighted by Gasteiger charge is -2.42. The highest BCUT2D eigenvalue weighted by Crippen LogP contribution is 2.50. The zero-order chi connectivity index (χ0) is 23.3. The Kier molecular flexibility index (Phi) is 5.14. The van der Waals surface area contributed by atoms with Crippen LogP contribution >= 0.6 is 11.8 Å². The van der Waals surface area contributed by atoms with Crippen molar-refractivity contribution in [2.24, 2.45) is 11.1 Å². The van der Waals surface area contributed by atoms with Crippen LogP contribution in [0.1, 0.15) is 30.1 Å². The SMILES string of the molecule is CNc1nccc(Sc2cnc(N3CCC4(CC3)Cc3ncccc3C4N)n3ccnc23)c1F. The first kappa shape index (κ1) is 21.3. The van der Waals surface area contributed by atoms with Crippen molar-refractivity contribution in [1.29, 1.82) is 0 Å². The fraction of sp³-hybridized carbons (Fsp3) is 0.333. The Morgan fingerprint density at radius 1 is 1.09 bits per heavy atom. The van der Waals surface area contributed by atoms with E-state index in [0.717, 1.165) is 54.5 Å². The van der Waals surface area contributed by atoms with E-state index < -0.39 is 0 Å². The van der Waals surface area contributed by atoms with Crippen LogP contribution in [0.25, 0.3) is 5.65 Å². The van der Waals surface area contributed by atoms with Crippen LogP contribution in [-0.4, -0.2) is 44.5 Å². The predicted octanol–water partition coefficient (Wildman–Crippen LogP) is 3.69. The largest absolute Gasteiger partial charge is 0.371 e. The molecule has 1 fully saturated rings. The molecule has 3 N–H and O–H groups in total. The van der Waals surface area contributed by atoms with Crippen molar-refractivity contribution in [2.75, 3.05) is 30.4 Å². The fourth-order valence-corrected chi connectivity index (χ4v) is 6.18. The van der Waals surface area contributed by atoms with E-state index in [4.69, 9.17) is 10.7 Å². The van der Waals surface area contributed by atoms with E-state index in [2.05, 4.69) is 31.2 Å². The number of pyridine rings is 2. The molecule has 6 rings (SSSR count). The van der Waals surface area contributed by atoms with Gasteiger partial charge in [0.2, 0.25) is 5.95 Å². The standard InChI is InChI=1S/C24H25FN8S/c1-27-21-19(25)17(4-8-29-21)34-18-14-31-23(33-12-9-30-22(18)33)32-10-5-24(6-11-32)13-16-15(20(24)26)3-2-7-28-16/h2-4,7-9,12,14,20H,5-6,10-11,13,26H2,1H3,(H,27,29). The van der Waals surface area contributed by atoms with E-state index in [1.54, 1.807) is 31.7 Å². The maximum atomic E-state index is 14.7. The smallest absolute Gasteiger partial charge is 0.211 e. The highest BCUT2D eigenvalue weighted by Gasteiger charge is 2.46. The highest BCUT2D eigenvalue weighted by atomic mass is 32.2. The van der Waals surface area contributed by atoms with E-state index in [0.29, 0.717) is 4.90 Å². The van der Waals surface area contributed by atoms with E-state index >= 15 is 0 Å². The van der Waals surface area contributed by atoms with Gasteiger partial charge >= 0.3 is 0 Å². The van der Waals surface area contributed by atoms with E-state index in [1.165, 1.54) is 17.3 Å². The Balaban J connectivity index is 1.25. The molecule has 0 saturated carbocycles. The molecule has 1 atom stereocenters. The minimum atomic E-state index is -0.381. The highest BCUT2D eigenvalue weighted by molar-refractivity contribution is 7.99. The van der Waals surface area contributed by atoms with E-state index in [9.17, 15) is 4.39 Å². The molecule has 0 radical (unpaired) electrons. The van der Waals surface area contributed by atoms with Crippen molar-refractivity contribution in [3.63, 3.8) is 0 Å². The van der Waals surface area contributed by atoms with E-state index in [1.807, 2.05) is 22.9 Å². The zero-order valence-corrected chi connectivity index (χ0v) is 19.6.